The molecule has 2 aromatic carbocycles. The number of anilines is 1. The van der Waals surface area contributed by atoms with Gasteiger partial charge in [0.05, 0.1) is 6.10 Å². The molecule has 2 atom stereocenters. The van der Waals surface area contributed by atoms with Crippen LogP contribution in [0.1, 0.15) is 11.1 Å². The van der Waals surface area contributed by atoms with Crippen molar-refractivity contribution in [1.29, 1.82) is 0 Å². The molecule has 110 valence electrons. The molecular formula is C18H21NO2. The van der Waals surface area contributed by atoms with E-state index in [4.69, 9.17) is 4.74 Å². The van der Waals surface area contributed by atoms with Gasteiger partial charge >= 0.3 is 0 Å². The molecule has 1 aliphatic rings. The molecule has 0 saturated carbocycles. The highest BCUT2D eigenvalue weighted by Crippen LogP contribution is 2.24. The van der Waals surface area contributed by atoms with E-state index >= 15 is 0 Å². The summed E-state index contributed by atoms with van der Waals surface area (Å²) in [4.78, 5) is 2.19. The van der Waals surface area contributed by atoms with Gasteiger partial charge in [0.2, 0.25) is 0 Å². The summed E-state index contributed by atoms with van der Waals surface area (Å²) < 4.78 is 5.31. The zero-order valence-electron chi connectivity index (χ0n) is 12.3. The SMILES string of the molecule is CO[C@@H]1CN(c2cccc(Cc3ccccc3)c2)C[C@@H]1O. The van der Waals surface area contributed by atoms with E-state index in [1.807, 2.05) is 6.07 Å². The third-order valence-corrected chi connectivity index (χ3v) is 4.07. The molecule has 0 unspecified atom stereocenters. The van der Waals surface area contributed by atoms with Crippen LogP contribution in [0.4, 0.5) is 5.69 Å². The van der Waals surface area contributed by atoms with Crippen molar-refractivity contribution in [3.05, 3.63) is 65.7 Å². The standard InChI is InChI=1S/C18H21NO2/c1-21-18-13-19(12-17(18)20)16-9-5-8-15(11-16)10-14-6-3-2-4-7-14/h2-9,11,17-18,20H,10,12-13H2,1H3/t17-,18+/m0/s1. The summed E-state index contributed by atoms with van der Waals surface area (Å²) in [6, 6.07) is 19.0. The van der Waals surface area contributed by atoms with Crippen molar-refractivity contribution in [2.75, 3.05) is 25.1 Å². The monoisotopic (exact) mass is 283 g/mol. The van der Waals surface area contributed by atoms with Crippen LogP contribution in [0.3, 0.4) is 0 Å². The van der Waals surface area contributed by atoms with Crippen LogP contribution in [0.25, 0.3) is 0 Å². The Morgan fingerprint density at radius 3 is 2.52 bits per heavy atom. The second-order valence-electron chi connectivity index (χ2n) is 5.58. The lowest BCUT2D eigenvalue weighted by atomic mass is 10.0. The summed E-state index contributed by atoms with van der Waals surface area (Å²) in [5.41, 5.74) is 3.75. The van der Waals surface area contributed by atoms with Gasteiger partial charge < -0.3 is 14.7 Å². The Balaban J connectivity index is 1.75. The predicted octanol–water partition coefficient (Wildman–Crippen LogP) is 2.47. The third kappa shape index (κ3) is 3.26. The van der Waals surface area contributed by atoms with Gasteiger partial charge in [-0.15, -0.1) is 0 Å². The Hall–Kier alpha value is -1.84. The van der Waals surface area contributed by atoms with Crippen molar-refractivity contribution in [2.45, 2.75) is 18.6 Å². The number of nitrogens with zero attached hydrogens (tertiary/aromatic N) is 1. The van der Waals surface area contributed by atoms with Crippen molar-refractivity contribution in [3.8, 4) is 0 Å². The number of methoxy groups -OCH3 is 1. The Bertz CT molecular complexity index is 585. The van der Waals surface area contributed by atoms with E-state index in [0.29, 0.717) is 6.54 Å². The van der Waals surface area contributed by atoms with Gasteiger partial charge in [-0.2, -0.15) is 0 Å². The average Bonchev–Trinajstić information content (AvgIpc) is 2.90. The number of hydrogen-bond donors (Lipinski definition) is 1. The summed E-state index contributed by atoms with van der Waals surface area (Å²) in [5.74, 6) is 0. The first-order valence-electron chi connectivity index (χ1n) is 7.35. The Labute approximate surface area is 125 Å². The molecule has 0 spiro atoms. The minimum Gasteiger partial charge on any atom is -0.388 e. The number of hydrogen-bond acceptors (Lipinski definition) is 3. The van der Waals surface area contributed by atoms with Crippen LogP contribution in [0.2, 0.25) is 0 Å². The molecule has 1 N–H and O–H groups in total. The van der Waals surface area contributed by atoms with E-state index in [9.17, 15) is 5.11 Å². The number of rotatable bonds is 4. The second kappa shape index (κ2) is 6.29. The molecule has 1 heterocycles. The van der Waals surface area contributed by atoms with Crippen LogP contribution in [-0.4, -0.2) is 37.5 Å². The van der Waals surface area contributed by atoms with E-state index < -0.39 is 6.10 Å². The molecule has 0 bridgehead atoms. The third-order valence-electron chi connectivity index (χ3n) is 4.07. The highest BCUT2D eigenvalue weighted by Gasteiger charge is 2.31. The Kier molecular flexibility index (Phi) is 4.23. The molecule has 3 nitrogen and oxygen atoms in total. The van der Waals surface area contributed by atoms with E-state index in [0.717, 1.165) is 18.7 Å². The zero-order valence-corrected chi connectivity index (χ0v) is 12.3. The van der Waals surface area contributed by atoms with Gasteiger partial charge in [-0.1, -0.05) is 42.5 Å². The molecular weight excluding hydrogens is 262 g/mol. The normalized spacial score (nSPS) is 21.7. The summed E-state index contributed by atoms with van der Waals surface area (Å²) in [5, 5.41) is 9.96. The Morgan fingerprint density at radius 2 is 1.81 bits per heavy atom. The fraction of sp³-hybridized carbons (Fsp3) is 0.333. The zero-order chi connectivity index (χ0) is 14.7. The minimum atomic E-state index is -0.409. The quantitative estimate of drug-likeness (QED) is 0.935. The molecule has 0 radical (unpaired) electrons. The molecule has 3 rings (SSSR count). The van der Waals surface area contributed by atoms with Crippen LogP contribution in [0.5, 0.6) is 0 Å². The van der Waals surface area contributed by atoms with Crippen molar-refractivity contribution in [2.24, 2.45) is 0 Å². The number of aliphatic hydroxyl groups is 1. The lowest BCUT2D eigenvalue weighted by Gasteiger charge is -2.19. The van der Waals surface area contributed by atoms with E-state index in [1.54, 1.807) is 7.11 Å². The number of ether oxygens (including phenoxy) is 1. The molecule has 21 heavy (non-hydrogen) atoms. The maximum absolute atomic E-state index is 9.96. The van der Waals surface area contributed by atoms with Crippen molar-refractivity contribution in [1.82, 2.24) is 0 Å². The van der Waals surface area contributed by atoms with Crippen molar-refractivity contribution >= 4 is 5.69 Å². The Morgan fingerprint density at radius 1 is 1.05 bits per heavy atom. The molecule has 1 fully saturated rings. The molecule has 1 aliphatic heterocycles. The van der Waals surface area contributed by atoms with Gasteiger partial charge in [-0.3, -0.25) is 0 Å². The topological polar surface area (TPSA) is 32.7 Å². The van der Waals surface area contributed by atoms with Crippen LogP contribution in [0.15, 0.2) is 54.6 Å². The smallest absolute Gasteiger partial charge is 0.102 e. The summed E-state index contributed by atoms with van der Waals surface area (Å²) in [7, 11) is 1.66. The van der Waals surface area contributed by atoms with Crippen molar-refractivity contribution < 1.29 is 9.84 Å². The van der Waals surface area contributed by atoms with E-state index in [2.05, 4.69) is 53.4 Å². The van der Waals surface area contributed by atoms with E-state index in [1.165, 1.54) is 11.1 Å². The van der Waals surface area contributed by atoms with Crippen LogP contribution in [-0.2, 0) is 11.2 Å². The molecule has 0 aliphatic carbocycles. The van der Waals surface area contributed by atoms with Crippen LogP contribution >= 0.6 is 0 Å². The summed E-state index contributed by atoms with van der Waals surface area (Å²) >= 11 is 0. The second-order valence-corrected chi connectivity index (χ2v) is 5.58. The van der Waals surface area contributed by atoms with Gasteiger partial charge in [-0.05, 0) is 29.7 Å². The van der Waals surface area contributed by atoms with E-state index in [-0.39, 0.29) is 6.10 Å². The number of aliphatic hydroxyl groups excluding tert-OH is 1. The minimum absolute atomic E-state index is 0.0946. The fourth-order valence-electron chi connectivity index (χ4n) is 2.89. The highest BCUT2D eigenvalue weighted by atomic mass is 16.5. The van der Waals surface area contributed by atoms with Gasteiger partial charge in [0.15, 0.2) is 0 Å². The van der Waals surface area contributed by atoms with Crippen LogP contribution < -0.4 is 4.90 Å². The number of benzene rings is 2. The summed E-state index contributed by atoms with van der Waals surface area (Å²) in [6.45, 7) is 1.37. The first-order chi connectivity index (χ1) is 10.3. The molecule has 0 amide bonds. The molecule has 0 aromatic heterocycles. The van der Waals surface area contributed by atoms with Gasteiger partial charge in [0.25, 0.3) is 0 Å². The fourth-order valence-corrected chi connectivity index (χ4v) is 2.89. The first-order valence-corrected chi connectivity index (χ1v) is 7.35. The molecule has 1 saturated heterocycles. The predicted molar refractivity (Wildman–Crippen MR) is 84.7 cm³/mol. The van der Waals surface area contributed by atoms with Gasteiger partial charge in [-0.25, -0.2) is 0 Å². The van der Waals surface area contributed by atoms with Gasteiger partial charge in [0, 0.05) is 25.9 Å². The maximum Gasteiger partial charge on any atom is 0.102 e. The highest BCUT2D eigenvalue weighted by molar-refractivity contribution is 5.50. The first kappa shape index (κ1) is 14.1. The molecule has 2 aromatic rings. The lowest BCUT2D eigenvalue weighted by Crippen LogP contribution is -2.25. The lowest BCUT2D eigenvalue weighted by molar-refractivity contribution is 0.0217. The van der Waals surface area contributed by atoms with Crippen LogP contribution in [0, 0.1) is 0 Å². The largest absolute Gasteiger partial charge is 0.388 e. The number of β-amino-alcohol motifs (C(OH)–C–C–N with tert-alkyl or cyclic N) is 1. The molecule has 3 heteroatoms. The van der Waals surface area contributed by atoms with Gasteiger partial charge in [0.1, 0.15) is 6.10 Å². The average molecular weight is 283 g/mol. The maximum atomic E-state index is 9.96. The van der Waals surface area contributed by atoms with Crippen molar-refractivity contribution in [3.63, 3.8) is 0 Å². The summed E-state index contributed by atoms with van der Waals surface area (Å²) in [6.07, 6.45) is 0.425.